The van der Waals surface area contributed by atoms with Crippen LogP contribution in [0.3, 0.4) is 0 Å². The summed E-state index contributed by atoms with van der Waals surface area (Å²) in [6.07, 6.45) is 8.88. The molecule has 4 rings (SSSR count). The minimum atomic E-state index is -0.0981. The van der Waals surface area contributed by atoms with Gasteiger partial charge in [-0.25, -0.2) is 4.99 Å². The number of hydrogen-bond acceptors (Lipinski definition) is 4. The Kier molecular flexibility index (Phi) is 4.50. The second-order valence-corrected chi connectivity index (χ2v) is 6.31. The number of rotatable bonds is 4. The van der Waals surface area contributed by atoms with Gasteiger partial charge in [-0.3, -0.25) is 9.69 Å². The molecule has 0 fully saturated rings. The first kappa shape index (κ1) is 17.1. The molecule has 1 unspecified atom stereocenters. The lowest BCUT2D eigenvalue weighted by molar-refractivity contribution is -0.112. The molecule has 0 saturated carbocycles. The maximum atomic E-state index is 13.3. The predicted molar refractivity (Wildman–Crippen MR) is 106 cm³/mol. The molecular weight excluding hydrogens is 340 g/mol. The number of hydrogen-bond donors (Lipinski definition) is 0. The van der Waals surface area contributed by atoms with Gasteiger partial charge >= 0.3 is 0 Å². The van der Waals surface area contributed by atoms with Gasteiger partial charge in [0, 0.05) is 11.6 Å². The summed E-state index contributed by atoms with van der Waals surface area (Å²) < 4.78 is 10.7. The van der Waals surface area contributed by atoms with E-state index >= 15 is 0 Å². The van der Waals surface area contributed by atoms with Crippen molar-refractivity contribution in [1.82, 2.24) is 0 Å². The van der Waals surface area contributed by atoms with E-state index in [1.165, 1.54) is 0 Å². The van der Waals surface area contributed by atoms with Crippen molar-refractivity contribution in [2.24, 2.45) is 4.99 Å². The summed E-state index contributed by atoms with van der Waals surface area (Å²) >= 11 is 0. The number of para-hydroxylation sites is 1. The van der Waals surface area contributed by atoms with E-state index in [0.717, 1.165) is 17.7 Å². The third-order valence-electron chi connectivity index (χ3n) is 4.75. The van der Waals surface area contributed by atoms with Gasteiger partial charge < -0.3 is 9.47 Å². The summed E-state index contributed by atoms with van der Waals surface area (Å²) in [5.74, 6) is 1.14. The quantitative estimate of drug-likeness (QED) is 0.826. The Balaban J connectivity index is 1.80. The molecule has 136 valence electrons. The number of fused-ring (bicyclic) bond motifs is 1. The molecule has 0 saturated heterocycles. The molecule has 1 heterocycles. The number of allylic oxidation sites excluding steroid dienone is 2. The monoisotopic (exact) mass is 360 g/mol. The standard InChI is InChI=1S/C22H20N2O3/c1-26-16-12-13-18(20(14-16)27-2)23-21-17-10-6-7-11-19(17)24(22(21)25)15-8-4-3-5-9-15/h3-8,10-15H,9H2,1-2H3. The topological polar surface area (TPSA) is 51.1 Å². The zero-order chi connectivity index (χ0) is 18.8. The second-order valence-electron chi connectivity index (χ2n) is 6.31. The fourth-order valence-corrected chi connectivity index (χ4v) is 3.42. The maximum absolute atomic E-state index is 13.3. The number of benzene rings is 2. The average Bonchev–Trinajstić information content (AvgIpc) is 3.00. The minimum absolute atomic E-state index is 0.00545. The number of anilines is 1. The molecule has 5 heteroatoms. The van der Waals surface area contributed by atoms with Gasteiger partial charge in [-0.2, -0.15) is 0 Å². The van der Waals surface area contributed by atoms with Crippen LogP contribution < -0.4 is 14.4 Å². The minimum Gasteiger partial charge on any atom is -0.497 e. The Bertz CT molecular complexity index is 975. The Labute approximate surface area is 158 Å². The summed E-state index contributed by atoms with van der Waals surface area (Å²) in [4.78, 5) is 19.8. The van der Waals surface area contributed by atoms with Crippen LogP contribution in [0.1, 0.15) is 12.0 Å². The molecule has 27 heavy (non-hydrogen) atoms. The lowest BCUT2D eigenvalue weighted by Gasteiger charge is -2.26. The van der Waals surface area contributed by atoms with Crippen molar-refractivity contribution >= 4 is 23.0 Å². The second kappa shape index (κ2) is 7.11. The summed E-state index contributed by atoms with van der Waals surface area (Å²) in [6, 6.07) is 13.1. The summed E-state index contributed by atoms with van der Waals surface area (Å²) in [5, 5.41) is 0. The molecule has 0 radical (unpaired) electrons. The van der Waals surface area contributed by atoms with Crippen LogP contribution in [0.15, 0.2) is 71.8 Å². The highest BCUT2D eigenvalue weighted by molar-refractivity contribution is 6.55. The van der Waals surface area contributed by atoms with Crippen LogP contribution in [0, 0.1) is 0 Å². The van der Waals surface area contributed by atoms with Gasteiger partial charge in [0.25, 0.3) is 5.91 Å². The number of ether oxygens (including phenoxy) is 2. The van der Waals surface area contributed by atoms with Gasteiger partial charge in [-0.15, -0.1) is 0 Å². The van der Waals surface area contributed by atoms with E-state index in [0.29, 0.717) is 22.9 Å². The maximum Gasteiger partial charge on any atom is 0.278 e. The fraction of sp³-hybridized carbons (Fsp3) is 0.182. The van der Waals surface area contributed by atoms with Crippen LogP contribution in [0.4, 0.5) is 11.4 Å². The van der Waals surface area contributed by atoms with Crippen LogP contribution in [0.25, 0.3) is 0 Å². The van der Waals surface area contributed by atoms with Gasteiger partial charge in [-0.05, 0) is 24.6 Å². The van der Waals surface area contributed by atoms with E-state index in [4.69, 9.17) is 9.47 Å². The lowest BCUT2D eigenvalue weighted by atomic mass is 10.1. The molecule has 0 N–H and O–H groups in total. The van der Waals surface area contributed by atoms with Crippen molar-refractivity contribution in [3.63, 3.8) is 0 Å². The Morgan fingerprint density at radius 1 is 1.07 bits per heavy atom. The van der Waals surface area contributed by atoms with E-state index in [-0.39, 0.29) is 11.9 Å². The first-order valence-electron chi connectivity index (χ1n) is 8.80. The highest BCUT2D eigenvalue weighted by atomic mass is 16.5. The SMILES string of the molecule is COc1ccc(N=C2C(=O)N(C3C=CC=CC3)c3ccccc32)c(OC)c1. The molecule has 1 atom stereocenters. The number of amides is 1. The number of aliphatic imine (C=N–C) groups is 1. The highest BCUT2D eigenvalue weighted by Crippen LogP contribution is 2.37. The number of nitrogens with zero attached hydrogens (tertiary/aromatic N) is 2. The van der Waals surface area contributed by atoms with Crippen LogP contribution in [0.2, 0.25) is 0 Å². The van der Waals surface area contributed by atoms with Gasteiger partial charge in [0.05, 0.1) is 25.9 Å². The third-order valence-corrected chi connectivity index (χ3v) is 4.75. The van der Waals surface area contributed by atoms with Crippen molar-refractivity contribution in [3.8, 4) is 11.5 Å². The van der Waals surface area contributed by atoms with Crippen molar-refractivity contribution in [2.45, 2.75) is 12.5 Å². The summed E-state index contributed by atoms with van der Waals surface area (Å²) in [7, 11) is 3.18. The van der Waals surface area contributed by atoms with Crippen LogP contribution in [-0.4, -0.2) is 31.9 Å². The predicted octanol–water partition coefficient (Wildman–Crippen LogP) is 4.06. The largest absolute Gasteiger partial charge is 0.497 e. The Morgan fingerprint density at radius 3 is 2.67 bits per heavy atom. The van der Waals surface area contributed by atoms with Gasteiger partial charge in [-0.1, -0.05) is 42.5 Å². The first-order valence-corrected chi connectivity index (χ1v) is 8.80. The molecule has 0 aromatic heterocycles. The summed E-state index contributed by atoms with van der Waals surface area (Å²) in [5.41, 5.74) is 2.75. The molecule has 5 nitrogen and oxygen atoms in total. The van der Waals surface area contributed by atoms with Crippen molar-refractivity contribution in [3.05, 3.63) is 72.3 Å². The molecule has 1 aliphatic carbocycles. The number of methoxy groups -OCH3 is 2. The van der Waals surface area contributed by atoms with E-state index in [2.05, 4.69) is 11.1 Å². The molecular formula is C22H20N2O3. The fourth-order valence-electron chi connectivity index (χ4n) is 3.42. The third kappa shape index (κ3) is 3.01. The van der Waals surface area contributed by atoms with Crippen LogP contribution in [0.5, 0.6) is 11.5 Å². The zero-order valence-electron chi connectivity index (χ0n) is 15.3. The number of carbonyl (C=O) groups excluding carboxylic acids is 1. The van der Waals surface area contributed by atoms with E-state index in [1.807, 2.05) is 47.4 Å². The van der Waals surface area contributed by atoms with Crippen molar-refractivity contribution < 1.29 is 14.3 Å². The highest BCUT2D eigenvalue weighted by Gasteiger charge is 2.37. The van der Waals surface area contributed by atoms with E-state index in [9.17, 15) is 4.79 Å². The molecule has 1 amide bonds. The van der Waals surface area contributed by atoms with Gasteiger partial charge in [0.2, 0.25) is 0 Å². The lowest BCUT2D eigenvalue weighted by Crippen LogP contribution is -2.38. The molecule has 2 aromatic rings. The first-order chi connectivity index (χ1) is 13.2. The Morgan fingerprint density at radius 2 is 1.93 bits per heavy atom. The molecule has 0 bridgehead atoms. The van der Waals surface area contributed by atoms with Crippen LogP contribution >= 0.6 is 0 Å². The zero-order valence-corrected chi connectivity index (χ0v) is 15.3. The van der Waals surface area contributed by atoms with E-state index in [1.54, 1.807) is 32.4 Å². The van der Waals surface area contributed by atoms with Gasteiger partial charge in [0.1, 0.15) is 22.9 Å². The number of carbonyl (C=O) groups is 1. The molecule has 0 spiro atoms. The van der Waals surface area contributed by atoms with E-state index < -0.39 is 0 Å². The smallest absolute Gasteiger partial charge is 0.278 e. The normalized spacial score (nSPS) is 19.5. The van der Waals surface area contributed by atoms with Crippen molar-refractivity contribution in [1.29, 1.82) is 0 Å². The Hall–Kier alpha value is -3.34. The molecule has 2 aliphatic rings. The molecule has 1 aliphatic heterocycles. The van der Waals surface area contributed by atoms with Gasteiger partial charge in [0.15, 0.2) is 0 Å². The van der Waals surface area contributed by atoms with Crippen LogP contribution in [-0.2, 0) is 4.79 Å². The summed E-state index contributed by atoms with van der Waals surface area (Å²) in [6.45, 7) is 0. The van der Waals surface area contributed by atoms with Crippen molar-refractivity contribution in [2.75, 3.05) is 19.1 Å². The average molecular weight is 360 g/mol. The molecule has 2 aromatic carbocycles.